The summed E-state index contributed by atoms with van der Waals surface area (Å²) in [5.41, 5.74) is -0.143. The van der Waals surface area contributed by atoms with Gasteiger partial charge in [-0.25, -0.2) is 0 Å². The highest BCUT2D eigenvalue weighted by molar-refractivity contribution is 4.84. The smallest absolute Gasteiger partial charge is 0.0698 e. The number of methoxy groups -OCH3 is 1. The quantitative estimate of drug-likeness (QED) is 0.687. The third kappa shape index (κ3) is 5.22. The highest BCUT2D eigenvalue weighted by Gasteiger charge is 2.25. The van der Waals surface area contributed by atoms with Gasteiger partial charge in [-0.05, 0) is 45.7 Å². The van der Waals surface area contributed by atoms with E-state index in [2.05, 4.69) is 24.1 Å². The van der Waals surface area contributed by atoms with Gasteiger partial charge in [0.15, 0.2) is 0 Å². The van der Waals surface area contributed by atoms with Crippen molar-refractivity contribution in [3.05, 3.63) is 0 Å². The molecule has 0 spiro atoms. The fourth-order valence-corrected chi connectivity index (χ4v) is 2.46. The van der Waals surface area contributed by atoms with Crippen molar-refractivity contribution in [2.24, 2.45) is 0 Å². The van der Waals surface area contributed by atoms with Gasteiger partial charge in [0.1, 0.15) is 0 Å². The van der Waals surface area contributed by atoms with Gasteiger partial charge < -0.3 is 20.1 Å². The molecule has 0 aromatic carbocycles. The number of aliphatic hydroxyl groups excluding tert-OH is 1. The zero-order chi connectivity index (χ0) is 13.4. The molecule has 1 rings (SSSR count). The molecule has 1 heterocycles. The lowest BCUT2D eigenvalue weighted by Gasteiger charge is -2.35. The van der Waals surface area contributed by atoms with Crippen molar-refractivity contribution in [3.8, 4) is 0 Å². The SMILES string of the molecule is CCCNC(C)(CO)CCN1CCCC(OC)C1. The first-order chi connectivity index (χ1) is 8.63. The lowest BCUT2D eigenvalue weighted by Crippen LogP contribution is -2.49. The van der Waals surface area contributed by atoms with E-state index in [1.807, 2.05) is 0 Å². The van der Waals surface area contributed by atoms with E-state index in [1.165, 1.54) is 12.8 Å². The summed E-state index contributed by atoms with van der Waals surface area (Å²) < 4.78 is 5.44. The molecule has 0 saturated carbocycles. The Kier molecular flexibility index (Phi) is 7.15. The zero-order valence-corrected chi connectivity index (χ0v) is 12.2. The van der Waals surface area contributed by atoms with Crippen LogP contribution in [-0.2, 0) is 4.74 Å². The predicted molar refractivity (Wildman–Crippen MR) is 74.9 cm³/mol. The second kappa shape index (κ2) is 8.10. The maximum absolute atomic E-state index is 9.53. The van der Waals surface area contributed by atoms with E-state index in [4.69, 9.17) is 4.74 Å². The first-order valence-corrected chi connectivity index (χ1v) is 7.24. The van der Waals surface area contributed by atoms with Crippen LogP contribution in [0.3, 0.4) is 0 Å². The number of nitrogens with one attached hydrogen (secondary N) is 1. The van der Waals surface area contributed by atoms with Crippen LogP contribution in [-0.4, -0.2) is 61.5 Å². The molecule has 4 heteroatoms. The molecule has 0 bridgehead atoms. The third-order valence-corrected chi connectivity index (χ3v) is 3.93. The fourth-order valence-electron chi connectivity index (χ4n) is 2.46. The summed E-state index contributed by atoms with van der Waals surface area (Å²) in [7, 11) is 1.80. The van der Waals surface area contributed by atoms with E-state index < -0.39 is 0 Å². The van der Waals surface area contributed by atoms with Crippen LogP contribution in [0.25, 0.3) is 0 Å². The molecule has 2 atom stereocenters. The molecule has 0 aromatic heterocycles. The predicted octanol–water partition coefficient (Wildman–Crippen LogP) is 1.24. The van der Waals surface area contributed by atoms with Crippen LogP contribution in [0.1, 0.15) is 39.5 Å². The molecular weight excluding hydrogens is 228 g/mol. The first-order valence-electron chi connectivity index (χ1n) is 7.24. The molecule has 0 amide bonds. The van der Waals surface area contributed by atoms with Crippen LogP contribution in [0, 0.1) is 0 Å². The van der Waals surface area contributed by atoms with Gasteiger partial charge in [0.25, 0.3) is 0 Å². The Morgan fingerprint density at radius 2 is 2.28 bits per heavy atom. The Morgan fingerprint density at radius 1 is 1.50 bits per heavy atom. The first kappa shape index (κ1) is 15.9. The fraction of sp³-hybridized carbons (Fsp3) is 1.00. The van der Waals surface area contributed by atoms with Gasteiger partial charge in [0.2, 0.25) is 0 Å². The largest absolute Gasteiger partial charge is 0.394 e. The Morgan fingerprint density at radius 3 is 2.89 bits per heavy atom. The summed E-state index contributed by atoms with van der Waals surface area (Å²) in [6.07, 6.45) is 4.88. The van der Waals surface area contributed by atoms with E-state index in [1.54, 1.807) is 7.11 Å². The molecule has 4 nitrogen and oxygen atoms in total. The van der Waals surface area contributed by atoms with Crippen molar-refractivity contribution in [2.75, 3.05) is 39.9 Å². The number of aliphatic hydroxyl groups is 1. The van der Waals surface area contributed by atoms with Crippen LogP contribution in [0.4, 0.5) is 0 Å². The average molecular weight is 258 g/mol. The van der Waals surface area contributed by atoms with Crippen LogP contribution < -0.4 is 5.32 Å². The molecule has 1 fully saturated rings. The van der Waals surface area contributed by atoms with Crippen molar-refractivity contribution in [1.29, 1.82) is 0 Å². The Hall–Kier alpha value is -0.160. The van der Waals surface area contributed by atoms with Crippen molar-refractivity contribution in [1.82, 2.24) is 10.2 Å². The molecule has 1 saturated heterocycles. The lowest BCUT2D eigenvalue weighted by atomic mass is 9.97. The number of nitrogens with zero attached hydrogens (tertiary/aromatic N) is 1. The Balaban J connectivity index is 2.32. The van der Waals surface area contributed by atoms with E-state index >= 15 is 0 Å². The summed E-state index contributed by atoms with van der Waals surface area (Å²) in [5.74, 6) is 0. The number of piperidine rings is 1. The van der Waals surface area contributed by atoms with E-state index in [0.29, 0.717) is 6.10 Å². The normalized spacial score (nSPS) is 25.0. The minimum absolute atomic E-state index is 0.143. The van der Waals surface area contributed by atoms with Gasteiger partial charge in [-0.15, -0.1) is 0 Å². The second-order valence-corrected chi connectivity index (χ2v) is 5.70. The number of likely N-dealkylation sites (tertiary alicyclic amines) is 1. The van der Waals surface area contributed by atoms with Crippen LogP contribution in [0.2, 0.25) is 0 Å². The van der Waals surface area contributed by atoms with Gasteiger partial charge >= 0.3 is 0 Å². The van der Waals surface area contributed by atoms with Gasteiger partial charge in [0, 0.05) is 25.7 Å². The van der Waals surface area contributed by atoms with E-state index in [0.717, 1.165) is 39.0 Å². The van der Waals surface area contributed by atoms with Crippen molar-refractivity contribution in [2.45, 2.75) is 51.2 Å². The number of hydrogen-bond acceptors (Lipinski definition) is 4. The second-order valence-electron chi connectivity index (χ2n) is 5.70. The van der Waals surface area contributed by atoms with E-state index in [9.17, 15) is 5.11 Å². The van der Waals surface area contributed by atoms with Gasteiger partial charge in [-0.2, -0.15) is 0 Å². The number of hydrogen-bond donors (Lipinski definition) is 2. The standard InChI is InChI=1S/C14H30N2O2/c1-4-8-15-14(2,12-17)7-10-16-9-5-6-13(11-16)18-3/h13,15,17H,4-12H2,1-3H3. The zero-order valence-electron chi connectivity index (χ0n) is 12.2. The summed E-state index contributed by atoms with van der Waals surface area (Å²) in [6.45, 7) is 8.67. The monoisotopic (exact) mass is 258 g/mol. The maximum Gasteiger partial charge on any atom is 0.0698 e. The van der Waals surface area contributed by atoms with Gasteiger partial charge in [-0.1, -0.05) is 6.92 Å². The molecule has 2 N–H and O–H groups in total. The third-order valence-electron chi connectivity index (χ3n) is 3.93. The van der Waals surface area contributed by atoms with Crippen LogP contribution in [0.15, 0.2) is 0 Å². The molecule has 108 valence electrons. The Bertz CT molecular complexity index is 226. The summed E-state index contributed by atoms with van der Waals surface area (Å²) in [4.78, 5) is 2.46. The molecule has 2 unspecified atom stereocenters. The lowest BCUT2D eigenvalue weighted by molar-refractivity contribution is 0.0264. The molecule has 0 aliphatic carbocycles. The van der Waals surface area contributed by atoms with Crippen molar-refractivity contribution < 1.29 is 9.84 Å². The van der Waals surface area contributed by atoms with Crippen molar-refractivity contribution >= 4 is 0 Å². The van der Waals surface area contributed by atoms with E-state index in [-0.39, 0.29) is 12.1 Å². The number of ether oxygens (including phenoxy) is 1. The Labute approximate surface area is 112 Å². The molecule has 0 aromatic rings. The minimum Gasteiger partial charge on any atom is -0.394 e. The van der Waals surface area contributed by atoms with Crippen molar-refractivity contribution in [3.63, 3.8) is 0 Å². The minimum atomic E-state index is -0.143. The molecule has 1 aliphatic rings. The van der Waals surface area contributed by atoms with Gasteiger partial charge in [-0.3, -0.25) is 0 Å². The molecular formula is C14H30N2O2. The molecule has 1 aliphatic heterocycles. The average Bonchev–Trinajstić information content (AvgIpc) is 2.43. The molecule has 0 radical (unpaired) electrons. The summed E-state index contributed by atoms with van der Waals surface area (Å²) in [6, 6.07) is 0. The summed E-state index contributed by atoms with van der Waals surface area (Å²) >= 11 is 0. The van der Waals surface area contributed by atoms with Crippen LogP contribution in [0.5, 0.6) is 0 Å². The molecule has 18 heavy (non-hydrogen) atoms. The number of rotatable bonds is 8. The summed E-state index contributed by atoms with van der Waals surface area (Å²) in [5, 5.41) is 13.0. The highest BCUT2D eigenvalue weighted by atomic mass is 16.5. The highest BCUT2D eigenvalue weighted by Crippen LogP contribution is 2.16. The maximum atomic E-state index is 9.53. The van der Waals surface area contributed by atoms with Gasteiger partial charge in [0.05, 0.1) is 12.7 Å². The topological polar surface area (TPSA) is 44.7 Å². The van der Waals surface area contributed by atoms with Crippen LogP contribution >= 0.6 is 0 Å².